The number of anilines is 1. The summed E-state index contributed by atoms with van der Waals surface area (Å²) in [6.45, 7) is 7.73. The number of aromatic nitrogens is 2. The van der Waals surface area contributed by atoms with E-state index in [0.717, 1.165) is 24.5 Å². The first kappa shape index (κ1) is 12.2. The Bertz CT molecular complexity index is 451. The molecule has 2 fully saturated rings. The van der Waals surface area contributed by atoms with Gasteiger partial charge in [-0.2, -0.15) is 0 Å². The second-order valence-electron chi connectivity index (χ2n) is 5.41. The molecule has 2 unspecified atom stereocenters. The summed E-state index contributed by atoms with van der Waals surface area (Å²) < 4.78 is 0. The Kier molecular flexibility index (Phi) is 3.16. The molecule has 2 aliphatic heterocycles. The van der Waals surface area contributed by atoms with Crippen molar-refractivity contribution in [3.8, 4) is 0 Å². The summed E-state index contributed by atoms with van der Waals surface area (Å²) in [6.07, 6.45) is 4.20. The molecule has 18 heavy (non-hydrogen) atoms. The molecule has 3 heterocycles. The fourth-order valence-electron chi connectivity index (χ4n) is 3.19. The Balaban J connectivity index is 1.89. The van der Waals surface area contributed by atoms with E-state index in [4.69, 9.17) is 11.6 Å². The van der Waals surface area contributed by atoms with Crippen molar-refractivity contribution in [1.29, 1.82) is 0 Å². The minimum Gasteiger partial charge on any atom is -0.351 e. The smallest absolute Gasteiger partial charge is 0.137 e. The van der Waals surface area contributed by atoms with Gasteiger partial charge in [0.1, 0.15) is 17.3 Å². The predicted molar refractivity (Wildman–Crippen MR) is 73.2 cm³/mol. The number of fused-ring (bicyclic) bond motifs is 1. The highest BCUT2D eigenvalue weighted by atomic mass is 35.5. The van der Waals surface area contributed by atoms with Crippen LogP contribution in [-0.4, -0.2) is 46.6 Å². The van der Waals surface area contributed by atoms with Gasteiger partial charge in [-0.3, -0.25) is 4.90 Å². The van der Waals surface area contributed by atoms with E-state index in [1.165, 1.54) is 19.4 Å². The Morgan fingerprint density at radius 1 is 1.33 bits per heavy atom. The number of halogens is 1. The lowest BCUT2D eigenvalue weighted by atomic mass is 10.1. The summed E-state index contributed by atoms with van der Waals surface area (Å²) in [7, 11) is 0. The van der Waals surface area contributed by atoms with Crippen molar-refractivity contribution < 1.29 is 0 Å². The number of piperazine rings is 1. The Morgan fingerprint density at radius 3 is 3.00 bits per heavy atom. The highest BCUT2D eigenvalue weighted by molar-refractivity contribution is 6.30. The molecule has 5 heteroatoms. The van der Waals surface area contributed by atoms with E-state index in [0.29, 0.717) is 17.2 Å². The molecule has 0 aliphatic carbocycles. The fraction of sp³-hybridized carbons (Fsp3) is 0.692. The van der Waals surface area contributed by atoms with E-state index in [1.807, 2.05) is 6.92 Å². The lowest BCUT2D eigenvalue weighted by Crippen LogP contribution is -2.55. The third kappa shape index (κ3) is 1.97. The Labute approximate surface area is 113 Å². The lowest BCUT2D eigenvalue weighted by molar-refractivity contribution is 0.202. The van der Waals surface area contributed by atoms with Crippen LogP contribution in [0.4, 0.5) is 5.82 Å². The van der Waals surface area contributed by atoms with Gasteiger partial charge in [-0.15, -0.1) is 0 Å². The molecule has 0 radical (unpaired) electrons. The first-order chi connectivity index (χ1) is 8.66. The first-order valence-electron chi connectivity index (χ1n) is 6.64. The van der Waals surface area contributed by atoms with Gasteiger partial charge in [-0.05, 0) is 33.2 Å². The number of hydrogen-bond donors (Lipinski definition) is 0. The van der Waals surface area contributed by atoms with Crippen LogP contribution < -0.4 is 4.90 Å². The van der Waals surface area contributed by atoms with E-state index in [1.54, 1.807) is 6.33 Å². The van der Waals surface area contributed by atoms with Gasteiger partial charge in [-0.1, -0.05) is 11.6 Å². The van der Waals surface area contributed by atoms with Gasteiger partial charge in [0.15, 0.2) is 0 Å². The second kappa shape index (κ2) is 4.67. The average Bonchev–Trinajstić information content (AvgIpc) is 2.79. The summed E-state index contributed by atoms with van der Waals surface area (Å²) in [4.78, 5) is 13.5. The van der Waals surface area contributed by atoms with Crippen LogP contribution in [0, 0.1) is 6.92 Å². The van der Waals surface area contributed by atoms with E-state index in [-0.39, 0.29) is 0 Å². The van der Waals surface area contributed by atoms with Crippen LogP contribution in [0.5, 0.6) is 0 Å². The molecule has 3 rings (SSSR count). The van der Waals surface area contributed by atoms with Crippen molar-refractivity contribution in [3.05, 3.63) is 17.0 Å². The molecule has 2 atom stereocenters. The van der Waals surface area contributed by atoms with Crippen LogP contribution in [0.3, 0.4) is 0 Å². The van der Waals surface area contributed by atoms with Crippen LogP contribution in [0.25, 0.3) is 0 Å². The molecule has 0 saturated carbocycles. The van der Waals surface area contributed by atoms with Crippen molar-refractivity contribution in [1.82, 2.24) is 14.9 Å². The van der Waals surface area contributed by atoms with Crippen molar-refractivity contribution in [2.24, 2.45) is 0 Å². The second-order valence-corrected chi connectivity index (χ2v) is 5.76. The number of rotatable bonds is 1. The molecule has 0 N–H and O–H groups in total. The SMILES string of the molecule is Cc1c(Cl)ncnc1N1CC2CCCN2CC1C. The van der Waals surface area contributed by atoms with Crippen molar-refractivity contribution in [3.63, 3.8) is 0 Å². The van der Waals surface area contributed by atoms with E-state index in [2.05, 4.69) is 26.7 Å². The maximum absolute atomic E-state index is 6.10. The Hall–Kier alpha value is -0.870. The maximum atomic E-state index is 6.10. The molecule has 98 valence electrons. The average molecular weight is 267 g/mol. The minimum atomic E-state index is 0.490. The minimum absolute atomic E-state index is 0.490. The van der Waals surface area contributed by atoms with Gasteiger partial charge in [0.2, 0.25) is 0 Å². The molecule has 4 nitrogen and oxygen atoms in total. The van der Waals surface area contributed by atoms with Gasteiger partial charge in [-0.25, -0.2) is 9.97 Å². The summed E-state index contributed by atoms with van der Waals surface area (Å²) in [5, 5.41) is 0.570. The van der Waals surface area contributed by atoms with Crippen LogP contribution >= 0.6 is 11.6 Å². The molecule has 0 aromatic carbocycles. The van der Waals surface area contributed by atoms with Crippen molar-refractivity contribution in [2.75, 3.05) is 24.5 Å². The van der Waals surface area contributed by atoms with Crippen LogP contribution in [0.1, 0.15) is 25.3 Å². The third-order valence-corrected chi connectivity index (χ3v) is 4.59. The molecule has 2 aliphatic rings. The van der Waals surface area contributed by atoms with Crippen molar-refractivity contribution in [2.45, 2.75) is 38.8 Å². The van der Waals surface area contributed by atoms with E-state index >= 15 is 0 Å². The molecule has 0 bridgehead atoms. The highest BCUT2D eigenvalue weighted by Gasteiger charge is 2.35. The standard InChI is InChI=1S/C13H19ClN4/c1-9-6-17-5-3-4-11(17)7-18(9)13-10(2)12(14)15-8-16-13/h8-9,11H,3-7H2,1-2H3. The summed E-state index contributed by atoms with van der Waals surface area (Å²) in [6, 6.07) is 1.18. The quantitative estimate of drug-likeness (QED) is 0.729. The zero-order chi connectivity index (χ0) is 12.7. The zero-order valence-corrected chi connectivity index (χ0v) is 11.7. The predicted octanol–water partition coefficient (Wildman–Crippen LogP) is 2.11. The molecule has 2 saturated heterocycles. The van der Waals surface area contributed by atoms with Gasteiger partial charge >= 0.3 is 0 Å². The van der Waals surface area contributed by atoms with Gasteiger partial charge in [0.25, 0.3) is 0 Å². The number of hydrogen-bond acceptors (Lipinski definition) is 4. The van der Waals surface area contributed by atoms with Crippen molar-refractivity contribution >= 4 is 17.4 Å². The normalized spacial score (nSPS) is 28.5. The fourth-order valence-corrected chi connectivity index (χ4v) is 3.32. The topological polar surface area (TPSA) is 32.3 Å². The molecular formula is C13H19ClN4. The van der Waals surface area contributed by atoms with Gasteiger partial charge < -0.3 is 4.90 Å². The first-order valence-corrected chi connectivity index (χ1v) is 7.02. The molecule has 0 amide bonds. The van der Waals surface area contributed by atoms with Crippen LogP contribution in [-0.2, 0) is 0 Å². The number of nitrogens with zero attached hydrogens (tertiary/aromatic N) is 4. The highest BCUT2D eigenvalue weighted by Crippen LogP contribution is 2.30. The van der Waals surface area contributed by atoms with E-state index in [9.17, 15) is 0 Å². The summed E-state index contributed by atoms with van der Waals surface area (Å²) in [5.41, 5.74) is 0.998. The largest absolute Gasteiger partial charge is 0.351 e. The molecule has 1 aromatic heterocycles. The molecular weight excluding hydrogens is 248 g/mol. The molecule has 0 spiro atoms. The maximum Gasteiger partial charge on any atom is 0.137 e. The Morgan fingerprint density at radius 2 is 2.17 bits per heavy atom. The molecule has 1 aromatic rings. The van der Waals surface area contributed by atoms with Gasteiger partial charge in [0.05, 0.1) is 0 Å². The monoisotopic (exact) mass is 266 g/mol. The summed E-state index contributed by atoms with van der Waals surface area (Å²) in [5.74, 6) is 1.01. The van der Waals surface area contributed by atoms with Crippen LogP contribution in [0.2, 0.25) is 5.15 Å². The van der Waals surface area contributed by atoms with Gasteiger partial charge in [0, 0.05) is 30.7 Å². The lowest BCUT2D eigenvalue weighted by Gasteiger charge is -2.43. The zero-order valence-electron chi connectivity index (χ0n) is 10.9. The third-order valence-electron chi connectivity index (χ3n) is 4.21. The van der Waals surface area contributed by atoms with E-state index < -0.39 is 0 Å². The van der Waals surface area contributed by atoms with Crippen LogP contribution in [0.15, 0.2) is 6.33 Å². The summed E-state index contributed by atoms with van der Waals surface area (Å²) >= 11 is 6.10.